The van der Waals surface area contributed by atoms with E-state index in [0.29, 0.717) is 10.6 Å². The topological polar surface area (TPSA) is 58.9 Å². The normalized spacial score (nSPS) is 11.2. The zero-order valence-corrected chi connectivity index (χ0v) is 11.4. The Morgan fingerprint density at radius 1 is 1.37 bits per heavy atom. The molecule has 1 N–H and O–H groups in total. The van der Waals surface area contributed by atoms with Crippen LogP contribution in [0, 0.1) is 4.77 Å². The number of rotatable bonds is 3. The zero-order chi connectivity index (χ0) is 13.1. The van der Waals surface area contributed by atoms with Crippen molar-refractivity contribution in [2.45, 2.75) is 0 Å². The Labute approximate surface area is 118 Å². The van der Waals surface area contributed by atoms with Crippen molar-refractivity contribution in [2.75, 3.05) is 0 Å². The van der Waals surface area contributed by atoms with E-state index < -0.39 is 0 Å². The van der Waals surface area contributed by atoms with Crippen LogP contribution in [0.3, 0.4) is 0 Å². The number of pyridine rings is 1. The predicted octanol–water partition coefficient (Wildman–Crippen LogP) is 2.95. The molecule has 94 valence electrons. The smallest absolute Gasteiger partial charge is 0.216 e. The fourth-order valence-electron chi connectivity index (χ4n) is 1.54. The van der Waals surface area contributed by atoms with Crippen LogP contribution in [0.4, 0.5) is 0 Å². The molecule has 0 saturated heterocycles. The van der Waals surface area contributed by atoms with E-state index in [2.05, 4.69) is 20.3 Å². The molecule has 3 aromatic rings. The first-order valence-corrected chi connectivity index (χ1v) is 6.79. The number of thiophene rings is 1. The summed E-state index contributed by atoms with van der Waals surface area (Å²) in [5, 5.41) is 13.3. The summed E-state index contributed by atoms with van der Waals surface area (Å²) in [6, 6.07) is 7.72. The standard InChI is InChI=1S/C12H9N5S2/c18-12-16-15-11(10-4-2-6-19-10)17(12)14-8-9-3-1-5-13-7-9/h1-8H,(H,16,18)/b14-8-. The van der Waals surface area contributed by atoms with Crippen LogP contribution >= 0.6 is 23.6 Å². The van der Waals surface area contributed by atoms with Gasteiger partial charge in [-0.25, -0.2) is 5.10 Å². The number of hydrogen-bond donors (Lipinski definition) is 1. The SMILES string of the molecule is S=c1[nH]nc(-c2cccs2)n1/N=C\c1cccnc1. The summed E-state index contributed by atoms with van der Waals surface area (Å²) in [4.78, 5) is 5.04. The van der Waals surface area contributed by atoms with E-state index in [0.717, 1.165) is 10.4 Å². The van der Waals surface area contributed by atoms with Gasteiger partial charge in [-0.3, -0.25) is 4.98 Å². The van der Waals surface area contributed by atoms with Gasteiger partial charge in [0.2, 0.25) is 4.77 Å². The van der Waals surface area contributed by atoms with E-state index in [1.165, 1.54) is 0 Å². The molecule has 0 bridgehead atoms. The summed E-state index contributed by atoms with van der Waals surface area (Å²) < 4.78 is 2.07. The van der Waals surface area contributed by atoms with Gasteiger partial charge >= 0.3 is 0 Å². The lowest BCUT2D eigenvalue weighted by Gasteiger charge is -1.97. The molecular weight excluding hydrogens is 278 g/mol. The molecule has 7 heteroatoms. The van der Waals surface area contributed by atoms with Crippen LogP contribution in [-0.4, -0.2) is 26.1 Å². The Hall–Kier alpha value is -2.12. The van der Waals surface area contributed by atoms with Crippen molar-refractivity contribution in [1.29, 1.82) is 0 Å². The molecule has 3 aromatic heterocycles. The first-order valence-electron chi connectivity index (χ1n) is 5.50. The second kappa shape index (κ2) is 5.25. The molecule has 0 aliphatic heterocycles. The number of H-pyrrole nitrogens is 1. The first-order chi connectivity index (χ1) is 9.34. The van der Waals surface area contributed by atoms with Gasteiger partial charge in [-0.15, -0.1) is 11.3 Å². The lowest BCUT2D eigenvalue weighted by atomic mass is 10.3. The van der Waals surface area contributed by atoms with Crippen LogP contribution in [0.2, 0.25) is 0 Å². The molecule has 0 aliphatic carbocycles. The van der Waals surface area contributed by atoms with Gasteiger partial charge in [0.05, 0.1) is 11.1 Å². The van der Waals surface area contributed by atoms with Crippen molar-refractivity contribution in [3.05, 3.63) is 52.4 Å². The van der Waals surface area contributed by atoms with Gasteiger partial charge in [0, 0.05) is 18.0 Å². The Bertz CT molecular complexity index is 740. The first kappa shape index (κ1) is 11.9. The molecule has 0 unspecified atom stereocenters. The quantitative estimate of drug-likeness (QED) is 0.595. The molecule has 0 aromatic carbocycles. The minimum absolute atomic E-state index is 0.462. The maximum Gasteiger partial charge on any atom is 0.216 e. The van der Waals surface area contributed by atoms with Crippen molar-refractivity contribution >= 4 is 29.8 Å². The van der Waals surface area contributed by atoms with Gasteiger partial charge in [0.25, 0.3) is 0 Å². The van der Waals surface area contributed by atoms with Gasteiger partial charge in [0.1, 0.15) is 0 Å². The highest BCUT2D eigenvalue weighted by Crippen LogP contribution is 2.22. The van der Waals surface area contributed by atoms with Gasteiger partial charge in [-0.05, 0) is 29.7 Å². The molecule has 0 atom stereocenters. The largest absolute Gasteiger partial charge is 0.264 e. The van der Waals surface area contributed by atoms with Crippen LogP contribution in [0.15, 0.2) is 47.1 Å². The van der Waals surface area contributed by atoms with Crippen LogP contribution in [0.25, 0.3) is 10.7 Å². The summed E-state index contributed by atoms with van der Waals surface area (Å²) in [5.41, 5.74) is 0.905. The van der Waals surface area contributed by atoms with Crippen LogP contribution < -0.4 is 0 Å². The van der Waals surface area contributed by atoms with Crippen LogP contribution in [-0.2, 0) is 0 Å². The minimum atomic E-state index is 0.462. The average Bonchev–Trinajstić information content (AvgIpc) is 3.07. The monoisotopic (exact) mass is 287 g/mol. The van der Waals surface area contributed by atoms with Crippen molar-refractivity contribution in [3.8, 4) is 10.7 Å². The number of aromatic nitrogens is 4. The van der Waals surface area contributed by atoms with Gasteiger partial charge in [0.15, 0.2) is 5.82 Å². The van der Waals surface area contributed by atoms with Gasteiger partial charge in [-0.1, -0.05) is 12.1 Å². The summed E-state index contributed by atoms with van der Waals surface area (Å²) in [6.07, 6.45) is 5.16. The third-order valence-corrected chi connectivity index (χ3v) is 3.53. The van der Waals surface area contributed by atoms with E-state index in [1.54, 1.807) is 34.6 Å². The number of aromatic amines is 1. The summed E-state index contributed by atoms with van der Waals surface area (Å²) in [6.45, 7) is 0. The lowest BCUT2D eigenvalue weighted by molar-refractivity contribution is 0.873. The van der Waals surface area contributed by atoms with E-state index >= 15 is 0 Å². The maximum atomic E-state index is 5.18. The molecule has 0 radical (unpaired) electrons. The van der Waals surface area contributed by atoms with Crippen LogP contribution in [0.5, 0.6) is 0 Å². The third kappa shape index (κ3) is 2.51. The Balaban J connectivity index is 2.00. The van der Waals surface area contributed by atoms with Crippen molar-refractivity contribution in [3.63, 3.8) is 0 Å². The van der Waals surface area contributed by atoms with Crippen molar-refractivity contribution < 1.29 is 0 Å². The Morgan fingerprint density at radius 3 is 3.05 bits per heavy atom. The molecule has 3 heterocycles. The molecule has 0 fully saturated rings. The summed E-state index contributed by atoms with van der Waals surface area (Å²) in [5.74, 6) is 0.708. The summed E-state index contributed by atoms with van der Waals surface area (Å²) in [7, 11) is 0. The van der Waals surface area contributed by atoms with E-state index in [-0.39, 0.29) is 0 Å². The molecular formula is C12H9N5S2. The van der Waals surface area contributed by atoms with Gasteiger partial charge < -0.3 is 0 Å². The Kier molecular flexibility index (Phi) is 3.30. The average molecular weight is 287 g/mol. The zero-order valence-electron chi connectivity index (χ0n) is 9.72. The number of hydrogen-bond acceptors (Lipinski definition) is 5. The molecule has 3 rings (SSSR count). The molecule has 19 heavy (non-hydrogen) atoms. The van der Waals surface area contributed by atoms with E-state index in [4.69, 9.17) is 12.2 Å². The highest BCUT2D eigenvalue weighted by atomic mass is 32.1. The highest BCUT2D eigenvalue weighted by molar-refractivity contribution is 7.71. The van der Waals surface area contributed by atoms with Gasteiger partial charge in [-0.2, -0.15) is 14.9 Å². The number of nitrogens with one attached hydrogen (secondary N) is 1. The Morgan fingerprint density at radius 2 is 2.32 bits per heavy atom. The van der Waals surface area contributed by atoms with E-state index in [9.17, 15) is 0 Å². The second-order valence-corrected chi connectivity index (χ2v) is 5.01. The fourth-order valence-corrected chi connectivity index (χ4v) is 2.42. The molecule has 0 amide bonds. The lowest BCUT2D eigenvalue weighted by Crippen LogP contribution is -1.93. The molecule has 5 nitrogen and oxygen atoms in total. The highest BCUT2D eigenvalue weighted by Gasteiger charge is 2.08. The van der Waals surface area contributed by atoms with Crippen molar-refractivity contribution in [1.82, 2.24) is 19.9 Å². The second-order valence-electron chi connectivity index (χ2n) is 3.67. The fraction of sp³-hybridized carbons (Fsp3) is 0. The minimum Gasteiger partial charge on any atom is -0.264 e. The molecule has 0 aliphatic rings. The third-order valence-electron chi connectivity index (χ3n) is 2.40. The summed E-state index contributed by atoms with van der Waals surface area (Å²) >= 11 is 6.77. The molecule has 0 spiro atoms. The molecule has 0 saturated carbocycles. The van der Waals surface area contributed by atoms with E-state index in [1.807, 2.05) is 29.6 Å². The predicted molar refractivity (Wildman–Crippen MR) is 78.0 cm³/mol. The van der Waals surface area contributed by atoms with Crippen LogP contribution in [0.1, 0.15) is 5.56 Å². The van der Waals surface area contributed by atoms with Crippen molar-refractivity contribution in [2.24, 2.45) is 5.10 Å². The maximum absolute atomic E-state index is 5.18. The number of nitrogens with zero attached hydrogens (tertiary/aromatic N) is 4.